The summed E-state index contributed by atoms with van der Waals surface area (Å²) >= 11 is 0. The van der Waals surface area contributed by atoms with E-state index in [4.69, 9.17) is 5.11 Å². The van der Waals surface area contributed by atoms with Crippen molar-refractivity contribution in [2.24, 2.45) is 0 Å². The lowest BCUT2D eigenvalue weighted by atomic mass is 9.95. The van der Waals surface area contributed by atoms with Gasteiger partial charge in [0.1, 0.15) is 5.82 Å². The van der Waals surface area contributed by atoms with Crippen LogP contribution in [0.1, 0.15) is 11.1 Å². The van der Waals surface area contributed by atoms with Gasteiger partial charge in [-0.1, -0.05) is 42.0 Å². The third-order valence-corrected chi connectivity index (χ3v) is 2.77. The Kier molecular flexibility index (Phi) is 3.42. The molecule has 0 bridgehead atoms. The van der Waals surface area contributed by atoms with Crippen molar-refractivity contribution in [1.82, 2.24) is 0 Å². The number of rotatable bonds is 3. The molecule has 0 aromatic heterocycles. The maximum Gasteiger partial charge on any atom is 0.307 e. The average molecular weight is 244 g/mol. The molecular weight excluding hydrogens is 231 g/mol. The quantitative estimate of drug-likeness (QED) is 0.898. The molecule has 2 rings (SSSR count). The van der Waals surface area contributed by atoms with E-state index in [1.807, 2.05) is 19.1 Å². The van der Waals surface area contributed by atoms with E-state index in [9.17, 15) is 9.18 Å². The molecule has 2 aromatic carbocycles. The highest BCUT2D eigenvalue weighted by Gasteiger charge is 2.11. The van der Waals surface area contributed by atoms with Crippen LogP contribution in [0, 0.1) is 12.7 Å². The van der Waals surface area contributed by atoms with Gasteiger partial charge in [-0.2, -0.15) is 0 Å². The zero-order valence-electron chi connectivity index (χ0n) is 9.98. The fraction of sp³-hybridized carbons (Fsp3) is 0.133. The monoisotopic (exact) mass is 244 g/mol. The lowest BCUT2D eigenvalue weighted by Crippen LogP contribution is -2.02. The number of hydrogen-bond acceptors (Lipinski definition) is 1. The van der Waals surface area contributed by atoms with Gasteiger partial charge in [0.15, 0.2) is 0 Å². The van der Waals surface area contributed by atoms with Crippen LogP contribution in [-0.4, -0.2) is 11.1 Å². The van der Waals surface area contributed by atoms with Crippen molar-refractivity contribution in [3.05, 3.63) is 59.4 Å². The molecule has 0 amide bonds. The van der Waals surface area contributed by atoms with E-state index in [0.29, 0.717) is 16.7 Å². The molecule has 0 aliphatic carbocycles. The van der Waals surface area contributed by atoms with Crippen molar-refractivity contribution >= 4 is 5.97 Å². The summed E-state index contributed by atoms with van der Waals surface area (Å²) in [6, 6.07) is 11.8. The van der Waals surface area contributed by atoms with Gasteiger partial charge >= 0.3 is 5.97 Å². The molecule has 2 aromatic rings. The predicted molar refractivity (Wildman–Crippen MR) is 67.9 cm³/mol. The van der Waals surface area contributed by atoms with Crippen molar-refractivity contribution < 1.29 is 14.3 Å². The van der Waals surface area contributed by atoms with Gasteiger partial charge in [-0.25, -0.2) is 4.39 Å². The van der Waals surface area contributed by atoms with E-state index >= 15 is 0 Å². The van der Waals surface area contributed by atoms with E-state index in [-0.39, 0.29) is 12.2 Å². The molecule has 0 aliphatic rings. The van der Waals surface area contributed by atoms with Gasteiger partial charge in [0.2, 0.25) is 0 Å². The number of carboxylic acids is 1. The number of halogens is 1. The van der Waals surface area contributed by atoms with Crippen LogP contribution in [0.5, 0.6) is 0 Å². The van der Waals surface area contributed by atoms with Crippen LogP contribution in [0.15, 0.2) is 42.5 Å². The first-order valence-corrected chi connectivity index (χ1v) is 5.64. The molecule has 2 nitrogen and oxygen atoms in total. The summed E-state index contributed by atoms with van der Waals surface area (Å²) in [6.45, 7) is 1.90. The van der Waals surface area contributed by atoms with Gasteiger partial charge in [0, 0.05) is 5.56 Å². The van der Waals surface area contributed by atoms with Crippen LogP contribution in [0.3, 0.4) is 0 Å². The standard InChI is InChI=1S/C15H13FO2/c1-10-6-7-11(9-15(17)18)13(8-10)12-4-2-3-5-14(12)16/h2-8H,9H2,1H3,(H,17,18). The highest BCUT2D eigenvalue weighted by molar-refractivity contribution is 5.77. The number of carbonyl (C=O) groups is 1. The summed E-state index contributed by atoms with van der Waals surface area (Å²) in [4.78, 5) is 10.8. The van der Waals surface area contributed by atoms with Crippen LogP contribution in [0.2, 0.25) is 0 Å². The summed E-state index contributed by atoms with van der Waals surface area (Å²) < 4.78 is 13.8. The Morgan fingerprint density at radius 1 is 1.17 bits per heavy atom. The smallest absolute Gasteiger partial charge is 0.307 e. The second kappa shape index (κ2) is 5.00. The van der Waals surface area contributed by atoms with Crippen LogP contribution in [-0.2, 0) is 11.2 Å². The maximum atomic E-state index is 13.8. The highest BCUT2D eigenvalue weighted by atomic mass is 19.1. The van der Waals surface area contributed by atoms with Gasteiger partial charge < -0.3 is 5.11 Å². The number of aliphatic carboxylic acids is 1. The molecule has 0 fully saturated rings. The van der Waals surface area contributed by atoms with E-state index in [0.717, 1.165) is 5.56 Å². The Morgan fingerprint density at radius 3 is 2.56 bits per heavy atom. The van der Waals surface area contributed by atoms with E-state index in [1.54, 1.807) is 24.3 Å². The molecule has 0 spiro atoms. The topological polar surface area (TPSA) is 37.3 Å². The first-order chi connectivity index (χ1) is 8.58. The summed E-state index contributed by atoms with van der Waals surface area (Å²) in [5, 5.41) is 8.88. The minimum atomic E-state index is -0.920. The first-order valence-electron chi connectivity index (χ1n) is 5.64. The minimum absolute atomic E-state index is 0.107. The van der Waals surface area contributed by atoms with Gasteiger partial charge in [-0.15, -0.1) is 0 Å². The lowest BCUT2D eigenvalue weighted by Gasteiger charge is -2.10. The highest BCUT2D eigenvalue weighted by Crippen LogP contribution is 2.27. The Balaban J connectivity index is 2.58. The Morgan fingerprint density at radius 2 is 1.89 bits per heavy atom. The fourth-order valence-corrected chi connectivity index (χ4v) is 1.94. The first kappa shape index (κ1) is 12.3. The predicted octanol–water partition coefficient (Wildman–Crippen LogP) is 3.43. The van der Waals surface area contributed by atoms with E-state index < -0.39 is 5.97 Å². The molecule has 0 radical (unpaired) electrons. The van der Waals surface area contributed by atoms with Crippen LogP contribution < -0.4 is 0 Å². The van der Waals surface area contributed by atoms with Crippen molar-refractivity contribution in [3.63, 3.8) is 0 Å². The number of aryl methyl sites for hydroxylation is 1. The van der Waals surface area contributed by atoms with E-state index in [1.165, 1.54) is 6.07 Å². The van der Waals surface area contributed by atoms with Crippen molar-refractivity contribution in [3.8, 4) is 11.1 Å². The molecule has 18 heavy (non-hydrogen) atoms. The number of carboxylic acid groups (broad SMARTS) is 1. The van der Waals surface area contributed by atoms with Gasteiger partial charge in [0.05, 0.1) is 6.42 Å². The van der Waals surface area contributed by atoms with Crippen molar-refractivity contribution in [2.75, 3.05) is 0 Å². The molecule has 92 valence electrons. The average Bonchev–Trinajstić information content (AvgIpc) is 2.32. The van der Waals surface area contributed by atoms with Gasteiger partial charge in [-0.3, -0.25) is 4.79 Å². The SMILES string of the molecule is Cc1ccc(CC(=O)O)c(-c2ccccc2F)c1. The third kappa shape index (κ3) is 2.56. The van der Waals surface area contributed by atoms with Crippen LogP contribution in [0.25, 0.3) is 11.1 Å². The normalized spacial score (nSPS) is 10.3. The molecule has 0 aliphatic heterocycles. The maximum absolute atomic E-state index is 13.8. The summed E-state index contributed by atoms with van der Waals surface area (Å²) in [5.41, 5.74) is 2.69. The van der Waals surface area contributed by atoms with Crippen molar-refractivity contribution in [2.45, 2.75) is 13.3 Å². The Hall–Kier alpha value is -2.16. The van der Waals surface area contributed by atoms with Crippen molar-refractivity contribution in [1.29, 1.82) is 0 Å². The molecular formula is C15H13FO2. The second-order valence-electron chi connectivity index (χ2n) is 4.21. The summed E-state index contributed by atoms with van der Waals surface area (Å²) in [5.74, 6) is -1.26. The Bertz CT molecular complexity index is 591. The molecule has 1 N–H and O–H groups in total. The Labute approximate surface area is 105 Å². The minimum Gasteiger partial charge on any atom is -0.481 e. The molecule has 0 atom stereocenters. The molecule has 0 saturated heterocycles. The molecule has 0 unspecified atom stereocenters. The van der Waals surface area contributed by atoms with E-state index in [2.05, 4.69) is 0 Å². The third-order valence-electron chi connectivity index (χ3n) is 2.77. The van der Waals surface area contributed by atoms with Crippen LogP contribution >= 0.6 is 0 Å². The molecule has 0 saturated carbocycles. The molecule has 3 heteroatoms. The number of benzene rings is 2. The van der Waals surface area contributed by atoms with Crippen LogP contribution in [0.4, 0.5) is 4.39 Å². The zero-order valence-corrected chi connectivity index (χ0v) is 9.98. The summed E-state index contributed by atoms with van der Waals surface area (Å²) in [6.07, 6.45) is -0.107. The second-order valence-corrected chi connectivity index (χ2v) is 4.21. The molecule has 0 heterocycles. The summed E-state index contributed by atoms with van der Waals surface area (Å²) in [7, 11) is 0. The van der Waals surface area contributed by atoms with Gasteiger partial charge in [0.25, 0.3) is 0 Å². The lowest BCUT2D eigenvalue weighted by molar-refractivity contribution is -0.136. The van der Waals surface area contributed by atoms with Gasteiger partial charge in [-0.05, 0) is 24.1 Å². The number of hydrogen-bond donors (Lipinski definition) is 1. The largest absolute Gasteiger partial charge is 0.481 e. The zero-order chi connectivity index (χ0) is 13.1. The fourth-order valence-electron chi connectivity index (χ4n) is 1.94.